The molecular weight excluding hydrogens is 441 g/mol. The van der Waals surface area contributed by atoms with E-state index in [0.29, 0.717) is 29.2 Å². The number of hydrogen-bond donors (Lipinski definition) is 0. The van der Waals surface area contributed by atoms with Crippen molar-refractivity contribution in [3.8, 4) is 28.4 Å². The molecule has 0 atom stereocenters. The molecule has 0 N–H and O–H groups in total. The van der Waals surface area contributed by atoms with E-state index in [1.807, 2.05) is 42.5 Å². The quantitative estimate of drug-likeness (QED) is 0.433. The lowest BCUT2D eigenvalue weighted by Gasteiger charge is -2.26. The molecule has 0 unspecified atom stereocenters. The molecule has 4 rings (SSSR count). The molecule has 3 aromatic carbocycles. The van der Waals surface area contributed by atoms with Crippen LogP contribution in [0.5, 0.6) is 17.2 Å². The number of benzene rings is 3. The number of halogens is 1. The molecule has 0 aliphatic carbocycles. The van der Waals surface area contributed by atoms with E-state index < -0.39 is 15.7 Å². The van der Waals surface area contributed by atoms with Gasteiger partial charge in [0.1, 0.15) is 34.6 Å². The zero-order valence-corrected chi connectivity index (χ0v) is 19.5. The van der Waals surface area contributed by atoms with Crippen LogP contribution in [0.15, 0.2) is 71.6 Å². The minimum absolute atomic E-state index is 0.319. The van der Waals surface area contributed by atoms with Crippen molar-refractivity contribution in [2.45, 2.75) is 24.2 Å². The Kier molecular flexibility index (Phi) is 7.30. The van der Waals surface area contributed by atoms with Gasteiger partial charge in [-0.25, -0.2) is 12.8 Å². The molecule has 0 aromatic heterocycles. The monoisotopic (exact) mass is 469 g/mol. The number of hydrogen-bond acceptors (Lipinski definition) is 5. The van der Waals surface area contributed by atoms with Crippen molar-refractivity contribution in [3.63, 3.8) is 0 Å². The van der Waals surface area contributed by atoms with Crippen LogP contribution in [0, 0.1) is 5.82 Å². The van der Waals surface area contributed by atoms with Gasteiger partial charge in [-0.2, -0.15) is 0 Å². The summed E-state index contributed by atoms with van der Waals surface area (Å²) in [6.45, 7) is 3.88. The predicted molar refractivity (Wildman–Crippen MR) is 127 cm³/mol. The van der Waals surface area contributed by atoms with Crippen molar-refractivity contribution in [1.82, 2.24) is 4.90 Å². The van der Waals surface area contributed by atoms with E-state index in [1.54, 1.807) is 12.1 Å². The summed E-state index contributed by atoms with van der Waals surface area (Å²) in [5.74, 6) is 1.17. The molecule has 1 fully saturated rings. The van der Waals surface area contributed by atoms with Crippen LogP contribution in [0.25, 0.3) is 11.1 Å². The normalized spacial score (nSPS) is 14.7. The van der Waals surface area contributed by atoms with Crippen molar-refractivity contribution in [3.05, 3.63) is 72.5 Å². The number of para-hydroxylation sites is 1. The fraction of sp³-hybridized carbons (Fsp3) is 0.308. The highest BCUT2D eigenvalue weighted by atomic mass is 32.2. The Morgan fingerprint density at radius 1 is 0.909 bits per heavy atom. The van der Waals surface area contributed by atoms with Crippen LogP contribution >= 0.6 is 0 Å². The topological polar surface area (TPSA) is 55.8 Å². The highest BCUT2D eigenvalue weighted by molar-refractivity contribution is 7.90. The molecule has 0 saturated carbocycles. The summed E-state index contributed by atoms with van der Waals surface area (Å²) >= 11 is 0. The van der Waals surface area contributed by atoms with Crippen LogP contribution in [-0.2, 0) is 9.84 Å². The van der Waals surface area contributed by atoms with Gasteiger partial charge in [0, 0.05) is 18.4 Å². The summed E-state index contributed by atoms with van der Waals surface area (Å²) in [6, 6.07) is 18.8. The van der Waals surface area contributed by atoms with Crippen molar-refractivity contribution in [2.75, 3.05) is 32.5 Å². The summed E-state index contributed by atoms with van der Waals surface area (Å²) in [6.07, 6.45) is 4.84. The standard InChI is InChI=1S/C26H28FNO4S/c1-33(29,30)26-14-9-20(19-24(26)27)23-7-3-4-8-25(23)32-22-12-10-21(11-13-22)31-18-17-28-15-5-2-6-16-28/h3-4,7-14,19H,2,5-6,15-18H2,1H3. The zero-order valence-electron chi connectivity index (χ0n) is 18.7. The number of piperidine rings is 1. The summed E-state index contributed by atoms with van der Waals surface area (Å²) in [4.78, 5) is 2.11. The van der Waals surface area contributed by atoms with Gasteiger partial charge in [0.05, 0.1) is 0 Å². The Labute approximate surface area is 194 Å². The van der Waals surface area contributed by atoms with Crippen molar-refractivity contribution < 1.29 is 22.3 Å². The molecule has 0 spiro atoms. The van der Waals surface area contributed by atoms with Gasteiger partial charge >= 0.3 is 0 Å². The Hall–Kier alpha value is -2.90. The summed E-state index contributed by atoms with van der Waals surface area (Å²) in [7, 11) is -3.63. The van der Waals surface area contributed by atoms with Crippen molar-refractivity contribution in [2.24, 2.45) is 0 Å². The van der Waals surface area contributed by atoms with Crippen LogP contribution in [0.1, 0.15) is 19.3 Å². The first-order valence-corrected chi connectivity index (χ1v) is 13.0. The number of likely N-dealkylation sites (tertiary alicyclic amines) is 1. The van der Waals surface area contributed by atoms with E-state index in [0.717, 1.165) is 31.6 Å². The molecular formula is C26H28FNO4S. The molecule has 33 heavy (non-hydrogen) atoms. The van der Waals surface area contributed by atoms with Crippen molar-refractivity contribution >= 4 is 9.84 Å². The van der Waals surface area contributed by atoms with Crippen molar-refractivity contribution in [1.29, 1.82) is 0 Å². The average molecular weight is 470 g/mol. The fourth-order valence-corrected chi connectivity index (χ4v) is 4.70. The first-order valence-electron chi connectivity index (χ1n) is 11.1. The number of ether oxygens (including phenoxy) is 2. The van der Waals surface area contributed by atoms with E-state index >= 15 is 0 Å². The molecule has 1 aliphatic heterocycles. The average Bonchev–Trinajstić information content (AvgIpc) is 2.80. The zero-order chi connectivity index (χ0) is 23.3. The van der Waals surface area contributed by atoms with Gasteiger partial charge in [0.2, 0.25) is 0 Å². The Morgan fingerprint density at radius 3 is 2.30 bits per heavy atom. The Bertz CT molecular complexity index is 1190. The minimum atomic E-state index is -3.63. The van der Waals surface area contributed by atoms with E-state index in [4.69, 9.17) is 9.47 Å². The second-order valence-electron chi connectivity index (χ2n) is 8.24. The lowest BCUT2D eigenvalue weighted by Crippen LogP contribution is -2.33. The van der Waals surface area contributed by atoms with E-state index in [1.165, 1.54) is 31.4 Å². The molecule has 1 aliphatic rings. The van der Waals surface area contributed by atoms with E-state index in [9.17, 15) is 12.8 Å². The molecule has 7 heteroatoms. The summed E-state index contributed by atoms with van der Waals surface area (Å²) < 4.78 is 49.8. The number of rotatable bonds is 8. The maximum atomic E-state index is 14.4. The predicted octanol–water partition coefficient (Wildman–Crippen LogP) is 5.55. The van der Waals surface area contributed by atoms with Gasteiger partial charge in [-0.15, -0.1) is 0 Å². The maximum Gasteiger partial charge on any atom is 0.178 e. The van der Waals surface area contributed by atoms with Gasteiger partial charge in [-0.05, 0) is 74.0 Å². The molecule has 5 nitrogen and oxygen atoms in total. The van der Waals surface area contributed by atoms with Crippen LogP contribution in [0.3, 0.4) is 0 Å². The molecule has 174 valence electrons. The van der Waals surface area contributed by atoms with Gasteiger partial charge in [-0.3, -0.25) is 4.90 Å². The second kappa shape index (κ2) is 10.4. The molecule has 1 saturated heterocycles. The molecule has 3 aromatic rings. The second-order valence-corrected chi connectivity index (χ2v) is 10.2. The minimum Gasteiger partial charge on any atom is -0.492 e. The highest BCUT2D eigenvalue weighted by Crippen LogP contribution is 2.35. The summed E-state index contributed by atoms with van der Waals surface area (Å²) in [5, 5.41) is 0. The third kappa shape index (κ3) is 6.12. The van der Waals surface area contributed by atoms with Crippen LogP contribution in [0.2, 0.25) is 0 Å². The van der Waals surface area contributed by atoms with E-state index in [-0.39, 0.29) is 4.90 Å². The lowest BCUT2D eigenvalue weighted by atomic mass is 10.0. The SMILES string of the molecule is CS(=O)(=O)c1ccc(-c2ccccc2Oc2ccc(OCCN3CCCCC3)cc2)cc1F. The number of sulfone groups is 1. The summed E-state index contributed by atoms with van der Waals surface area (Å²) in [5.41, 5.74) is 1.20. The molecule has 0 radical (unpaired) electrons. The first-order chi connectivity index (χ1) is 15.9. The van der Waals surface area contributed by atoms with Gasteiger partial charge < -0.3 is 9.47 Å². The van der Waals surface area contributed by atoms with Gasteiger partial charge in [0.15, 0.2) is 9.84 Å². The molecule has 0 amide bonds. The van der Waals surface area contributed by atoms with E-state index in [2.05, 4.69) is 4.90 Å². The molecule has 1 heterocycles. The largest absolute Gasteiger partial charge is 0.492 e. The van der Waals surface area contributed by atoms with Crippen LogP contribution in [-0.4, -0.2) is 45.8 Å². The van der Waals surface area contributed by atoms with Gasteiger partial charge in [-0.1, -0.05) is 30.7 Å². The highest BCUT2D eigenvalue weighted by Gasteiger charge is 2.16. The molecule has 0 bridgehead atoms. The van der Waals surface area contributed by atoms with Gasteiger partial charge in [0.25, 0.3) is 0 Å². The first kappa shape index (κ1) is 23.3. The number of nitrogens with zero attached hydrogens (tertiary/aromatic N) is 1. The third-order valence-electron chi connectivity index (χ3n) is 5.71. The lowest BCUT2D eigenvalue weighted by molar-refractivity contribution is 0.183. The Balaban J connectivity index is 1.43. The smallest absolute Gasteiger partial charge is 0.178 e. The van der Waals surface area contributed by atoms with Crippen LogP contribution < -0.4 is 9.47 Å². The van der Waals surface area contributed by atoms with Crippen LogP contribution in [0.4, 0.5) is 4.39 Å². The third-order valence-corrected chi connectivity index (χ3v) is 6.84. The fourth-order valence-electron chi connectivity index (χ4n) is 3.97. The Morgan fingerprint density at radius 2 is 1.61 bits per heavy atom. The maximum absolute atomic E-state index is 14.4.